The van der Waals surface area contributed by atoms with Crippen LogP contribution in [-0.4, -0.2) is 0 Å². The van der Waals surface area contributed by atoms with E-state index in [-0.39, 0.29) is 0 Å². The van der Waals surface area contributed by atoms with Gasteiger partial charge in [0.05, 0.1) is 0 Å². The van der Waals surface area contributed by atoms with Crippen LogP contribution in [0.1, 0.15) is 149 Å². The molecule has 0 aromatic carbocycles. The van der Waals surface area contributed by atoms with Gasteiger partial charge in [0.15, 0.2) is 0 Å². The molecule has 24 heavy (non-hydrogen) atoms. The van der Waals surface area contributed by atoms with E-state index in [2.05, 4.69) is 20.8 Å². The van der Waals surface area contributed by atoms with Crippen molar-refractivity contribution in [2.75, 3.05) is 0 Å². The normalized spacial score (nSPS) is 12.6. The van der Waals surface area contributed by atoms with Crippen LogP contribution in [0.25, 0.3) is 0 Å². The van der Waals surface area contributed by atoms with E-state index in [1.54, 1.807) is 0 Å². The minimum absolute atomic E-state index is 0.972. The Morgan fingerprint density at radius 1 is 0.375 bits per heavy atom. The smallest absolute Gasteiger partial charge is 0.0443 e. The van der Waals surface area contributed by atoms with Crippen molar-refractivity contribution in [2.45, 2.75) is 149 Å². The Kier molecular flexibility index (Phi) is 21.0. The SMILES string of the molecule is CCCCCCCCCCCCCCC[C@H](C)CCCCCCC. The minimum atomic E-state index is 0.972. The molecule has 0 N–H and O–H groups in total. The summed E-state index contributed by atoms with van der Waals surface area (Å²) in [5.74, 6) is 0.972. The molecule has 146 valence electrons. The summed E-state index contributed by atoms with van der Waals surface area (Å²) in [4.78, 5) is 0. The van der Waals surface area contributed by atoms with E-state index in [0.717, 1.165) is 5.92 Å². The van der Waals surface area contributed by atoms with Crippen LogP contribution in [0, 0.1) is 5.92 Å². The molecule has 1 atom stereocenters. The summed E-state index contributed by atoms with van der Waals surface area (Å²) >= 11 is 0. The van der Waals surface area contributed by atoms with Gasteiger partial charge in [-0.3, -0.25) is 0 Å². The van der Waals surface area contributed by atoms with Gasteiger partial charge in [0.25, 0.3) is 0 Å². The monoisotopic (exact) mass is 338 g/mol. The molecule has 0 spiro atoms. The molecule has 0 aromatic heterocycles. The van der Waals surface area contributed by atoms with Gasteiger partial charge in [0.2, 0.25) is 0 Å². The minimum Gasteiger partial charge on any atom is -0.0654 e. The van der Waals surface area contributed by atoms with Gasteiger partial charge in [0.1, 0.15) is 0 Å². The van der Waals surface area contributed by atoms with Crippen LogP contribution >= 0.6 is 0 Å². The highest BCUT2D eigenvalue weighted by Crippen LogP contribution is 2.18. The fourth-order valence-corrected chi connectivity index (χ4v) is 3.75. The van der Waals surface area contributed by atoms with Crippen molar-refractivity contribution in [3.05, 3.63) is 0 Å². The largest absolute Gasteiger partial charge is 0.0654 e. The molecule has 0 rings (SSSR count). The van der Waals surface area contributed by atoms with E-state index in [1.165, 1.54) is 128 Å². The molecule has 0 aliphatic rings. The van der Waals surface area contributed by atoms with Crippen molar-refractivity contribution in [3.63, 3.8) is 0 Å². The second-order valence-corrected chi connectivity index (χ2v) is 8.34. The highest BCUT2D eigenvalue weighted by molar-refractivity contribution is 4.56. The highest BCUT2D eigenvalue weighted by Gasteiger charge is 2.02. The van der Waals surface area contributed by atoms with Gasteiger partial charge < -0.3 is 0 Å². The van der Waals surface area contributed by atoms with Crippen LogP contribution in [0.15, 0.2) is 0 Å². The standard InChI is InChI=1S/C24H50/c1-4-6-8-10-11-12-13-14-15-16-17-19-21-23-24(3)22-20-18-9-7-5-2/h24H,4-23H2,1-3H3/t24-/m1/s1. The number of unbranched alkanes of at least 4 members (excludes halogenated alkanes) is 16. The predicted molar refractivity (Wildman–Crippen MR) is 113 cm³/mol. The molecule has 0 aromatic rings. The van der Waals surface area contributed by atoms with Crippen LogP contribution in [0.3, 0.4) is 0 Å². The Labute approximate surface area is 155 Å². The molecule has 0 bridgehead atoms. The Balaban J connectivity index is 3.08. The molecular formula is C24H50. The van der Waals surface area contributed by atoms with Crippen LogP contribution in [-0.2, 0) is 0 Å². The molecule has 0 unspecified atom stereocenters. The lowest BCUT2D eigenvalue weighted by atomic mass is 9.96. The third kappa shape index (κ3) is 20.0. The fraction of sp³-hybridized carbons (Fsp3) is 1.00. The maximum absolute atomic E-state index is 2.47. The number of hydrogen-bond acceptors (Lipinski definition) is 0. The summed E-state index contributed by atoms with van der Waals surface area (Å²) in [6.07, 6.45) is 29.3. The van der Waals surface area contributed by atoms with Crippen LogP contribution in [0.4, 0.5) is 0 Å². The summed E-state index contributed by atoms with van der Waals surface area (Å²) in [6, 6.07) is 0. The summed E-state index contributed by atoms with van der Waals surface area (Å²) in [5, 5.41) is 0. The lowest BCUT2D eigenvalue weighted by molar-refractivity contribution is 0.431. The maximum Gasteiger partial charge on any atom is -0.0443 e. The average Bonchev–Trinajstić information content (AvgIpc) is 2.59. The van der Waals surface area contributed by atoms with Gasteiger partial charge in [-0.15, -0.1) is 0 Å². The lowest BCUT2D eigenvalue weighted by Gasteiger charge is -2.11. The lowest BCUT2D eigenvalue weighted by Crippen LogP contribution is -1.95. The van der Waals surface area contributed by atoms with Gasteiger partial charge in [-0.2, -0.15) is 0 Å². The van der Waals surface area contributed by atoms with E-state index >= 15 is 0 Å². The molecular weight excluding hydrogens is 288 g/mol. The first kappa shape index (κ1) is 24.0. The molecule has 0 nitrogen and oxygen atoms in total. The molecule has 0 aliphatic carbocycles. The second-order valence-electron chi connectivity index (χ2n) is 8.34. The number of rotatable bonds is 20. The Hall–Kier alpha value is 0. The van der Waals surface area contributed by atoms with Crippen molar-refractivity contribution in [1.82, 2.24) is 0 Å². The quantitative estimate of drug-likeness (QED) is 0.194. The van der Waals surface area contributed by atoms with Crippen molar-refractivity contribution in [1.29, 1.82) is 0 Å². The van der Waals surface area contributed by atoms with Gasteiger partial charge in [0, 0.05) is 0 Å². The van der Waals surface area contributed by atoms with Crippen molar-refractivity contribution < 1.29 is 0 Å². The van der Waals surface area contributed by atoms with E-state index < -0.39 is 0 Å². The summed E-state index contributed by atoms with van der Waals surface area (Å²) < 4.78 is 0. The van der Waals surface area contributed by atoms with E-state index in [4.69, 9.17) is 0 Å². The summed E-state index contributed by atoms with van der Waals surface area (Å²) in [7, 11) is 0. The van der Waals surface area contributed by atoms with Gasteiger partial charge in [-0.25, -0.2) is 0 Å². The molecule has 0 saturated heterocycles. The molecule has 0 saturated carbocycles. The molecule has 0 radical (unpaired) electrons. The van der Waals surface area contributed by atoms with Crippen molar-refractivity contribution >= 4 is 0 Å². The van der Waals surface area contributed by atoms with E-state index in [0.29, 0.717) is 0 Å². The van der Waals surface area contributed by atoms with E-state index in [1.807, 2.05) is 0 Å². The van der Waals surface area contributed by atoms with Gasteiger partial charge >= 0.3 is 0 Å². The molecule has 0 heterocycles. The number of hydrogen-bond donors (Lipinski definition) is 0. The van der Waals surface area contributed by atoms with E-state index in [9.17, 15) is 0 Å². The topological polar surface area (TPSA) is 0 Å². The van der Waals surface area contributed by atoms with Gasteiger partial charge in [-0.05, 0) is 5.92 Å². The zero-order valence-corrected chi connectivity index (χ0v) is 17.7. The fourth-order valence-electron chi connectivity index (χ4n) is 3.75. The third-order valence-electron chi connectivity index (χ3n) is 5.60. The Bertz CT molecular complexity index is 208. The molecule has 0 heteroatoms. The zero-order chi connectivity index (χ0) is 17.7. The first-order valence-corrected chi connectivity index (χ1v) is 11.8. The van der Waals surface area contributed by atoms with Gasteiger partial charge in [-0.1, -0.05) is 149 Å². The van der Waals surface area contributed by atoms with Crippen LogP contribution in [0.5, 0.6) is 0 Å². The summed E-state index contributed by atoms with van der Waals surface area (Å²) in [5.41, 5.74) is 0. The van der Waals surface area contributed by atoms with Crippen molar-refractivity contribution in [3.8, 4) is 0 Å². The van der Waals surface area contributed by atoms with Crippen molar-refractivity contribution in [2.24, 2.45) is 5.92 Å². The predicted octanol–water partition coefficient (Wildman–Crippen LogP) is 9.46. The molecule has 0 fully saturated rings. The Morgan fingerprint density at radius 2 is 0.625 bits per heavy atom. The summed E-state index contributed by atoms with van der Waals surface area (Å²) in [6.45, 7) is 7.08. The van der Waals surface area contributed by atoms with Crippen LogP contribution < -0.4 is 0 Å². The molecule has 0 amide bonds. The average molecular weight is 339 g/mol. The Morgan fingerprint density at radius 3 is 0.917 bits per heavy atom. The second kappa shape index (κ2) is 21.0. The first-order valence-electron chi connectivity index (χ1n) is 11.8. The maximum atomic E-state index is 2.47. The first-order chi connectivity index (χ1) is 11.8. The third-order valence-corrected chi connectivity index (χ3v) is 5.60. The zero-order valence-electron chi connectivity index (χ0n) is 17.7. The highest BCUT2D eigenvalue weighted by atomic mass is 14.1. The van der Waals surface area contributed by atoms with Crippen LogP contribution in [0.2, 0.25) is 0 Å². The molecule has 0 aliphatic heterocycles.